The first-order valence-electron chi connectivity index (χ1n) is 15.6. The Kier molecular flexibility index (Phi) is 14.5. The van der Waals surface area contributed by atoms with Crippen molar-refractivity contribution in [2.24, 2.45) is 11.8 Å². The van der Waals surface area contributed by atoms with Gasteiger partial charge in [0.15, 0.2) is 0 Å². The Balaban J connectivity index is 1.24. The summed E-state index contributed by atoms with van der Waals surface area (Å²) in [6.45, 7) is 1.22. The van der Waals surface area contributed by atoms with Gasteiger partial charge in [0.05, 0.1) is 25.4 Å². The monoisotopic (exact) mass is 580 g/mol. The minimum Gasteiger partial charge on any atom is -0.379 e. The van der Waals surface area contributed by atoms with Crippen LogP contribution in [0.2, 0.25) is 0 Å². The van der Waals surface area contributed by atoms with Gasteiger partial charge < -0.3 is 18.9 Å². The van der Waals surface area contributed by atoms with Gasteiger partial charge in [0, 0.05) is 14.2 Å². The second-order valence-corrected chi connectivity index (χ2v) is 11.5. The van der Waals surface area contributed by atoms with Crippen LogP contribution in [0, 0.1) is 11.8 Å². The van der Waals surface area contributed by atoms with Crippen LogP contribution in [0.15, 0.2) is 121 Å². The van der Waals surface area contributed by atoms with Crippen LogP contribution >= 0.6 is 0 Å². The van der Waals surface area contributed by atoms with E-state index in [1.807, 2.05) is 0 Å². The molecule has 0 radical (unpaired) electrons. The van der Waals surface area contributed by atoms with Gasteiger partial charge in [0.25, 0.3) is 0 Å². The van der Waals surface area contributed by atoms with E-state index in [0.29, 0.717) is 25.0 Å². The Hall–Kier alpha value is -3.28. The van der Waals surface area contributed by atoms with Crippen LogP contribution in [-0.4, -0.2) is 46.4 Å². The molecule has 0 fully saturated rings. The molecule has 2 atom stereocenters. The first kappa shape index (κ1) is 32.6. The third-order valence-electron chi connectivity index (χ3n) is 8.10. The highest BCUT2D eigenvalue weighted by Gasteiger charge is 2.20. The van der Waals surface area contributed by atoms with Gasteiger partial charge in [-0.25, -0.2) is 0 Å². The van der Waals surface area contributed by atoms with Crippen LogP contribution in [0.5, 0.6) is 0 Å². The molecule has 4 aromatic carbocycles. The molecule has 0 saturated carbocycles. The second-order valence-electron chi connectivity index (χ2n) is 11.5. The van der Waals surface area contributed by atoms with Crippen LogP contribution in [0.1, 0.15) is 35.1 Å². The van der Waals surface area contributed by atoms with Gasteiger partial charge in [-0.3, -0.25) is 0 Å². The minimum absolute atomic E-state index is 0.000344. The fourth-order valence-electron chi connectivity index (χ4n) is 5.89. The summed E-state index contributed by atoms with van der Waals surface area (Å²) in [6, 6.07) is 42.9. The summed E-state index contributed by atoms with van der Waals surface area (Å²) in [6.07, 6.45) is 5.87. The molecule has 0 aliphatic carbocycles. The third-order valence-corrected chi connectivity index (χ3v) is 8.10. The predicted octanol–water partition coefficient (Wildman–Crippen LogP) is 7.99. The minimum atomic E-state index is 0.000344. The van der Waals surface area contributed by atoms with Gasteiger partial charge in [-0.1, -0.05) is 121 Å². The highest BCUT2D eigenvalue weighted by atomic mass is 16.7. The molecule has 0 aliphatic heterocycles. The zero-order valence-electron chi connectivity index (χ0n) is 25.9. The topological polar surface area (TPSA) is 36.9 Å². The Bertz CT molecular complexity index is 1050. The van der Waals surface area contributed by atoms with Crippen molar-refractivity contribution < 1.29 is 18.9 Å². The zero-order chi connectivity index (χ0) is 30.0. The van der Waals surface area contributed by atoms with E-state index in [0.717, 1.165) is 38.5 Å². The molecule has 228 valence electrons. The third kappa shape index (κ3) is 12.5. The van der Waals surface area contributed by atoms with Gasteiger partial charge in [0.2, 0.25) is 0 Å². The lowest BCUT2D eigenvalue weighted by atomic mass is 9.88. The highest BCUT2D eigenvalue weighted by Crippen LogP contribution is 2.23. The molecule has 0 spiro atoms. The molecule has 0 saturated heterocycles. The number of benzene rings is 4. The lowest BCUT2D eigenvalue weighted by Gasteiger charge is -2.24. The average Bonchev–Trinajstić information content (AvgIpc) is 3.05. The molecule has 2 unspecified atom stereocenters. The summed E-state index contributed by atoms with van der Waals surface area (Å²) in [5, 5.41) is 0. The quantitative estimate of drug-likeness (QED) is 0.0784. The highest BCUT2D eigenvalue weighted by molar-refractivity contribution is 5.20. The van der Waals surface area contributed by atoms with Crippen molar-refractivity contribution in [1.29, 1.82) is 0 Å². The SMILES string of the molecule is COC(COCOCC(CC(Cc1ccccc1)Cc1ccccc1)OC)CC(Cc1ccccc1)Cc1ccccc1. The van der Waals surface area contributed by atoms with Crippen molar-refractivity contribution >= 4 is 0 Å². The number of ether oxygens (including phenoxy) is 4. The van der Waals surface area contributed by atoms with Crippen molar-refractivity contribution in [3.8, 4) is 0 Å². The molecule has 4 aromatic rings. The molecule has 0 amide bonds. The Morgan fingerprint density at radius 3 is 0.953 bits per heavy atom. The van der Waals surface area contributed by atoms with Crippen LogP contribution in [0.4, 0.5) is 0 Å². The molecule has 4 nitrogen and oxygen atoms in total. The van der Waals surface area contributed by atoms with Crippen LogP contribution in [-0.2, 0) is 44.6 Å². The summed E-state index contributed by atoms with van der Waals surface area (Å²) in [7, 11) is 3.55. The number of rotatable bonds is 20. The Morgan fingerprint density at radius 2 is 0.698 bits per heavy atom. The molecule has 0 N–H and O–H groups in total. The van der Waals surface area contributed by atoms with E-state index in [9.17, 15) is 0 Å². The first-order chi connectivity index (χ1) is 21.2. The molecule has 0 heterocycles. The van der Waals surface area contributed by atoms with Crippen molar-refractivity contribution in [2.75, 3.05) is 34.2 Å². The van der Waals surface area contributed by atoms with E-state index in [2.05, 4.69) is 121 Å². The molecule has 0 aromatic heterocycles. The lowest BCUT2D eigenvalue weighted by molar-refractivity contribution is -0.111. The number of methoxy groups -OCH3 is 2. The van der Waals surface area contributed by atoms with Crippen molar-refractivity contribution in [3.05, 3.63) is 144 Å². The van der Waals surface area contributed by atoms with Gasteiger partial charge in [-0.15, -0.1) is 0 Å². The fraction of sp³-hybridized carbons (Fsp3) is 0.385. The normalized spacial score (nSPS) is 12.9. The molecular formula is C39H48O4. The maximum atomic E-state index is 5.98. The van der Waals surface area contributed by atoms with E-state index < -0.39 is 0 Å². The van der Waals surface area contributed by atoms with Gasteiger partial charge in [-0.05, 0) is 72.6 Å². The smallest absolute Gasteiger partial charge is 0.146 e. The lowest BCUT2D eigenvalue weighted by Crippen LogP contribution is -2.27. The predicted molar refractivity (Wildman–Crippen MR) is 175 cm³/mol. The molecule has 4 heteroatoms. The fourth-order valence-corrected chi connectivity index (χ4v) is 5.89. The first-order valence-corrected chi connectivity index (χ1v) is 15.6. The maximum Gasteiger partial charge on any atom is 0.146 e. The van der Waals surface area contributed by atoms with Gasteiger partial charge in [-0.2, -0.15) is 0 Å². The summed E-state index contributed by atoms with van der Waals surface area (Å²) < 4.78 is 23.7. The van der Waals surface area contributed by atoms with E-state index >= 15 is 0 Å². The van der Waals surface area contributed by atoms with Crippen molar-refractivity contribution in [3.63, 3.8) is 0 Å². The summed E-state index contributed by atoms with van der Waals surface area (Å²) in [5.41, 5.74) is 5.41. The van der Waals surface area contributed by atoms with Gasteiger partial charge >= 0.3 is 0 Å². The maximum absolute atomic E-state index is 5.98. The number of hydrogen-bond donors (Lipinski definition) is 0. The van der Waals surface area contributed by atoms with Crippen molar-refractivity contribution in [2.45, 2.75) is 50.7 Å². The molecule has 43 heavy (non-hydrogen) atoms. The summed E-state index contributed by atoms with van der Waals surface area (Å²) in [5.74, 6) is 0.895. The summed E-state index contributed by atoms with van der Waals surface area (Å²) >= 11 is 0. The van der Waals surface area contributed by atoms with Crippen molar-refractivity contribution in [1.82, 2.24) is 0 Å². The van der Waals surface area contributed by atoms with E-state index in [4.69, 9.17) is 18.9 Å². The van der Waals surface area contributed by atoms with E-state index in [1.54, 1.807) is 14.2 Å². The largest absolute Gasteiger partial charge is 0.379 e. The van der Waals surface area contributed by atoms with Crippen LogP contribution in [0.25, 0.3) is 0 Å². The molecule has 0 aliphatic rings. The van der Waals surface area contributed by atoms with Gasteiger partial charge in [0.1, 0.15) is 6.79 Å². The molecular weight excluding hydrogens is 532 g/mol. The Morgan fingerprint density at radius 1 is 0.419 bits per heavy atom. The standard InChI is InChI=1S/C39H48O4/c1-40-38(27-36(23-32-15-7-3-8-16-32)24-33-17-9-4-10-18-33)29-42-31-43-30-39(41-2)28-37(25-34-19-11-5-12-20-34)26-35-21-13-6-14-22-35/h3-22,36-39H,23-31H2,1-2H3. The van der Waals surface area contributed by atoms with Crippen LogP contribution < -0.4 is 0 Å². The second kappa shape index (κ2) is 19.1. The van der Waals surface area contributed by atoms with Crippen LogP contribution in [0.3, 0.4) is 0 Å². The summed E-state index contributed by atoms with van der Waals surface area (Å²) in [4.78, 5) is 0. The molecule has 4 rings (SSSR count). The zero-order valence-corrected chi connectivity index (χ0v) is 25.9. The van der Waals surface area contributed by atoms with E-state index in [-0.39, 0.29) is 19.0 Å². The Labute approximate surface area is 259 Å². The average molecular weight is 581 g/mol. The van der Waals surface area contributed by atoms with E-state index in [1.165, 1.54) is 22.3 Å². The number of hydrogen-bond acceptors (Lipinski definition) is 4. The molecule has 0 bridgehead atoms.